The molecule has 0 aromatic carbocycles. The van der Waals surface area contributed by atoms with E-state index in [1.165, 1.54) is 19.3 Å². The van der Waals surface area contributed by atoms with Crippen LogP contribution in [0.1, 0.15) is 46.0 Å². The molecule has 4 nitrogen and oxygen atoms in total. The lowest BCUT2D eigenvalue weighted by molar-refractivity contribution is -0.125. The predicted octanol–water partition coefficient (Wildman–Crippen LogP) is 2.09. The highest BCUT2D eigenvalue weighted by Gasteiger charge is 2.31. The molecule has 98 valence electrons. The summed E-state index contributed by atoms with van der Waals surface area (Å²) in [4.78, 5) is 23.6. The Balaban J connectivity index is 2.69. The molecule has 2 amide bonds. The van der Waals surface area contributed by atoms with Crippen LogP contribution >= 0.6 is 0 Å². The van der Waals surface area contributed by atoms with Crippen LogP contribution in [0.3, 0.4) is 0 Å². The molecule has 1 aliphatic rings. The number of amides is 2. The fraction of sp³-hybridized carbons (Fsp3) is 0.846. The second kappa shape index (κ2) is 6.62. The van der Waals surface area contributed by atoms with E-state index in [1.807, 2.05) is 13.8 Å². The minimum Gasteiger partial charge on any atom is -0.341 e. The van der Waals surface area contributed by atoms with Gasteiger partial charge in [0.25, 0.3) is 0 Å². The Labute approximate surface area is 104 Å². The Morgan fingerprint density at radius 1 is 1.12 bits per heavy atom. The van der Waals surface area contributed by atoms with E-state index in [0.29, 0.717) is 5.92 Å². The number of ketones is 1. The van der Waals surface area contributed by atoms with Crippen molar-refractivity contribution in [3.8, 4) is 0 Å². The summed E-state index contributed by atoms with van der Waals surface area (Å²) in [5, 5.41) is 5.34. The molecule has 1 atom stereocenters. The van der Waals surface area contributed by atoms with Gasteiger partial charge in [0.15, 0.2) is 5.78 Å². The van der Waals surface area contributed by atoms with Crippen LogP contribution in [0.15, 0.2) is 0 Å². The summed E-state index contributed by atoms with van der Waals surface area (Å²) < 4.78 is 0. The first kappa shape index (κ1) is 14.0. The van der Waals surface area contributed by atoms with Crippen molar-refractivity contribution in [2.45, 2.75) is 52.0 Å². The lowest BCUT2D eigenvalue weighted by atomic mass is 9.80. The lowest BCUT2D eigenvalue weighted by Gasteiger charge is -2.30. The summed E-state index contributed by atoms with van der Waals surface area (Å²) >= 11 is 0. The number of hydrogen-bond donors (Lipinski definition) is 2. The molecule has 4 heteroatoms. The smallest absolute Gasteiger partial charge is 0.315 e. The van der Waals surface area contributed by atoms with Crippen LogP contribution in [0.25, 0.3) is 0 Å². The van der Waals surface area contributed by atoms with Crippen LogP contribution in [0.4, 0.5) is 4.79 Å². The zero-order chi connectivity index (χ0) is 12.8. The molecule has 0 bridgehead atoms. The third kappa shape index (κ3) is 4.02. The van der Waals surface area contributed by atoms with Crippen molar-refractivity contribution in [1.29, 1.82) is 0 Å². The van der Waals surface area contributed by atoms with Gasteiger partial charge >= 0.3 is 6.03 Å². The van der Waals surface area contributed by atoms with Crippen LogP contribution in [0.2, 0.25) is 0 Å². The maximum atomic E-state index is 12.2. The van der Waals surface area contributed by atoms with E-state index in [0.717, 1.165) is 12.8 Å². The first-order valence-corrected chi connectivity index (χ1v) is 6.58. The van der Waals surface area contributed by atoms with Crippen LogP contribution < -0.4 is 10.6 Å². The third-order valence-electron chi connectivity index (χ3n) is 3.51. The Bertz CT molecular complexity index is 271. The van der Waals surface area contributed by atoms with E-state index >= 15 is 0 Å². The van der Waals surface area contributed by atoms with Crippen molar-refractivity contribution >= 4 is 11.8 Å². The molecule has 0 spiro atoms. The van der Waals surface area contributed by atoms with Gasteiger partial charge in [-0.15, -0.1) is 0 Å². The highest BCUT2D eigenvalue weighted by molar-refractivity contribution is 5.90. The number of urea groups is 1. The van der Waals surface area contributed by atoms with Gasteiger partial charge in [-0.3, -0.25) is 4.79 Å². The SMILES string of the molecule is CNC(=O)NC(C(=O)C(C)C)C1CCCCC1. The number of hydrogen-bond acceptors (Lipinski definition) is 2. The first-order chi connectivity index (χ1) is 8.06. The molecular weight excluding hydrogens is 216 g/mol. The Morgan fingerprint density at radius 3 is 2.18 bits per heavy atom. The second-order valence-electron chi connectivity index (χ2n) is 5.16. The van der Waals surface area contributed by atoms with Gasteiger partial charge in [0.05, 0.1) is 6.04 Å². The standard InChI is InChI=1S/C13H24N2O2/c1-9(2)12(16)11(15-13(17)14-3)10-7-5-4-6-8-10/h9-11H,4-8H2,1-3H3,(H2,14,15,17). The Hall–Kier alpha value is -1.06. The van der Waals surface area contributed by atoms with Gasteiger partial charge in [-0.1, -0.05) is 33.1 Å². The van der Waals surface area contributed by atoms with Gasteiger partial charge in [-0.2, -0.15) is 0 Å². The maximum absolute atomic E-state index is 12.2. The highest BCUT2D eigenvalue weighted by Crippen LogP contribution is 2.27. The molecule has 0 aromatic heterocycles. The monoisotopic (exact) mass is 240 g/mol. The van der Waals surface area contributed by atoms with Gasteiger partial charge in [-0.25, -0.2) is 4.79 Å². The van der Waals surface area contributed by atoms with E-state index in [4.69, 9.17) is 0 Å². The molecule has 0 radical (unpaired) electrons. The van der Waals surface area contributed by atoms with Crippen LogP contribution in [0.5, 0.6) is 0 Å². The number of rotatable bonds is 4. The zero-order valence-electron chi connectivity index (χ0n) is 11.1. The van der Waals surface area contributed by atoms with Gasteiger partial charge in [0, 0.05) is 13.0 Å². The fourth-order valence-electron chi connectivity index (χ4n) is 2.46. The average molecular weight is 240 g/mol. The summed E-state index contributed by atoms with van der Waals surface area (Å²) in [6.45, 7) is 3.79. The number of Topliss-reactive ketones (excluding diaryl/α,β-unsaturated/α-hetero) is 1. The summed E-state index contributed by atoms with van der Waals surface area (Å²) in [7, 11) is 1.58. The lowest BCUT2D eigenvalue weighted by Crippen LogP contribution is -2.50. The normalized spacial score (nSPS) is 18.8. The second-order valence-corrected chi connectivity index (χ2v) is 5.16. The fourth-order valence-corrected chi connectivity index (χ4v) is 2.46. The summed E-state index contributed by atoms with van der Waals surface area (Å²) in [5.41, 5.74) is 0. The zero-order valence-corrected chi connectivity index (χ0v) is 11.1. The molecule has 0 aliphatic heterocycles. The maximum Gasteiger partial charge on any atom is 0.315 e. The Morgan fingerprint density at radius 2 is 1.71 bits per heavy atom. The van der Waals surface area contributed by atoms with Crippen LogP contribution in [-0.2, 0) is 4.79 Å². The summed E-state index contributed by atoms with van der Waals surface area (Å²) in [6, 6.07) is -0.565. The Kier molecular flexibility index (Phi) is 5.45. The molecule has 1 rings (SSSR count). The van der Waals surface area contributed by atoms with Crippen molar-refractivity contribution in [3.63, 3.8) is 0 Å². The molecule has 0 aromatic rings. The van der Waals surface area contributed by atoms with Crippen LogP contribution in [-0.4, -0.2) is 24.9 Å². The van der Waals surface area contributed by atoms with E-state index in [1.54, 1.807) is 7.05 Å². The summed E-state index contributed by atoms with van der Waals surface area (Å²) in [5.74, 6) is 0.440. The van der Waals surface area contributed by atoms with Crippen molar-refractivity contribution in [3.05, 3.63) is 0 Å². The number of nitrogens with one attached hydrogen (secondary N) is 2. The molecule has 1 aliphatic carbocycles. The molecule has 0 saturated heterocycles. The van der Waals surface area contributed by atoms with Crippen LogP contribution in [0, 0.1) is 11.8 Å². The highest BCUT2D eigenvalue weighted by atomic mass is 16.2. The van der Waals surface area contributed by atoms with Crippen molar-refractivity contribution in [2.75, 3.05) is 7.05 Å². The van der Waals surface area contributed by atoms with E-state index in [9.17, 15) is 9.59 Å². The van der Waals surface area contributed by atoms with E-state index < -0.39 is 0 Å². The van der Waals surface area contributed by atoms with Gasteiger partial charge in [-0.05, 0) is 18.8 Å². The molecular formula is C13H24N2O2. The van der Waals surface area contributed by atoms with Crippen molar-refractivity contribution in [2.24, 2.45) is 11.8 Å². The number of carbonyl (C=O) groups is 2. The van der Waals surface area contributed by atoms with Gasteiger partial charge in [0.1, 0.15) is 0 Å². The molecule has 0 heterocycles. The topological polar surface area (TPSA) is 58.2 Å². The quantitative estimate of drug-likeness (QED) is 0.790. The third-order valence-corrected chi connectivity index (χ3v) is 3.51. The van der Waals surface area contributed by atoms with Gasteiger partial charge < -0.3 is 10.6 Å². The molecule has 17 heavy (non-hydrogen) atoms. The molecule has 2 N–H and O–H groups in total. The van der Waals surface area contributed by atoms with E-state index in [-0.39, 0.29) is 23.8 Å². The molecule has 1 saturated carbocycles. The van der Waals surface area contributed by atoms with Crippen molar-refractivity contribution in [1.82, 2.24) is 10.6 Å². The van der Waals surface area contributed by atoms with Gasteiger partial charge in [0.2, 0.25) is 0 Å². The van der Waals surface area contributed by atoms with Crippen molar-refractivity contribution < 1.29 is 9.59 Å². The predicted molar refractivity (Wildman–Crippen MR) is 67.8 cm³/mol. The van der Waals surface area contributed by atoms with E-state index in [2.05, 4.69) is 10.6 Å². The number of carbonyl (C=O) groups excluding carboxylic acids is 2. The minimum atomic E-state index is -0.310. The average Bonchev–Trinajstić information content (AvgIpc) is 2.35. The largest absolute Gasteiger partial charge is 0.341 e. The molecule has 1 fully saturated rings. The molecule has 1 unspecified atom stereocenters. The first-order valence-electron chi connectivity index (χ1n) is 6.58. The summed E-state index contributed by atoms with van der Waals surface area (Å²) in [6.07, 6.45) is 5.68. The minimum absolute atomic E-state index is 0.0286.